The van der Waals surface area contributed by atoms with E-state index in [-0.39, 0.29) is 5.70 Å². The third-order valence-electron chi connectivity index (χ3n) is 3.40. The van der Waals surface area contributed by atoms with Crippen LogP contribution in [-0.4, -0.2) is 5.21 Å². The van der Waals surface area contributed by atoms with Crippen LogP contribution < -0.4 is 9.96 Å². The predicted molar refractivity (Wildman–Crippen MR) is 80.1 cm³/mol. The van der Waals surface area contributed by atoms with Crippen LogP contribution in [0.15, 0.2) is 48.2 Å². The average Bonchev–Trinajstić information content (AvgIpc) is 2.53. The Bertz CT molecular complexity index is 779. The molecule has 2 atom stereocenters. The van der Waals surface area contributed by atoms with Gasteiger partial charge in [-0.25, -0.2) is 5.21 Å². The lowest BCUT2D eigenvalue weighted by Gasteiger charge is -2.29. The summed E-state index contributed by atoms with van der Waals surface area (Å²) in [6.45, 7) is 0. The SMILES string of the molecule is N#Cc1ccc(C2Oc3ccc(Cl)cc3C=C2[NH+]([O-])O)cc1. The maximum absolute atomic E-state index is 11.5. The lowest BCUT2D eigenvalue weighted by atomic mass is 10.00. The lowest BCUT2D eigenvalue weighted by Crippen LogP contribution is -3.03. The standard InChI is InChI=1S/C16H11ClN2O3/c17-13-5-6-15-12(7-13)8-14(19(20)21)16(22-15)11-3-1-10(9-18)2-4-11/h1-8,16,19-20H. The van der Waals surface area contributed by atoms with Crippen LogP contribution in [0, 0.1) is 16.5 Å². The molecule has 0 amide bonds. The maximum Gasteiger partial charge on any atom is 0.200 e. The Labute approximate surface area is 131 Å². The number of halogens is 1. The first-order valence-electron chi connectivity index (χ1n) is 6.49. The Hall–Kier alpha value is -2.36. The fraction of sp³-hybridized carbons (Fsp3) is 0.0625. The molecule has 2 aromatic carbocycles. The second-order valence-electron chi connectivity index (χ2n) is 4.82. The summed E-state index contributed by atoms with van der Waals surface area (Å²) in [6.07, 6.45) is 0.842. The van der Waals surface area contributed by atoms with Crippen molar-refractivity contribution in [3.05, 3.63) is 75.1 Å². The minimum Gasteiger partial charge on any atom is -0.595 e. The summed E-state index contributed by atoms with van der Waals surface area (Å²) in [6, 6.07) is 13.7. The Balaban J connectivity index is 2.04. The summed E-state index contributed by atoms with van der Waals surface area (Å²) in [5.74, 6) is 0.573. The van der Waals surface area contributed by atoms with Gasteiger partial charge in [-0.2, -0.15) is 10.5 Å². The van der Waals surface area contributed by atoms with Crippen LogP contribution >= 0.6 is 11.6 Å². The number of ether oxygens (including phenoxy) is 1. The van der Waals surface area contributed by atoms with Gasteiger partial charge in [0, 0.05) is 22.2 Å². The summed E-state index contributed by atoms with van der Waals surface area (Å²) in [5, 5.41) is 29.2. The van der Waals surface area contributed by atoms with E-state index < -0.39 is 11.3 Å². The number of quaternary nitrogens is 1. The monoisotopic (exact) mass is 314 g/mol. The minimum atomic E-state index is -1.06. The number of fused-ring (bicyclic) bond motifs is 1. The molecule has 2 unspecified atom stereocenters. The molecule has 0 aromatic heterocycles. The average molecular weight is 315 g/mol. The van der Waals surface area contributed by atoms with Gasteiger partial charge in [0.15, 0.2) is 5.70 Å². The minimum absolute atomic E-state index is 0.125. The largest absolute Gasteiger partial charge is 0.595 e. The van der Waals surface area contributed by atoms with Gasteiger partial charge in [0.1, 0.15) is 5.75 Å². The number of hydrogen-bond donors (Lipinski definition) is 2. The van der Waals surface area contributed by atoms with Crippen LogP contribution in [0.4, 0.5) is 0 Å². The summed E-state index contributed by atoms with van der Waals surface area (Å²) < 4.78 is 5.83. The lowest BCUT2D eigenvalue weighted by molar-refractivity contribution is -1.02. The third kappa shape index (κ3) is 2.69. The highest BCUT2D eigenvalue weighted by Crippen LogP contribution is 2.36. The molecule has 5 nitrogen and oxygen atoms in total. The van der Waals surface area contributed by atoms with Crippen LogP contribution in [-0.2, 0) is 0 Å². The molecule has 0 bridgehead atoms. The Morgan fingerprint density at radius 1 is 1.23 bits per heavy atom. The summed E-state index contributed by atoms with van der Waals surface area (Å²) in [7, 11) is 0. The molecule has 0 spiro atoms. The number of hydroxylamine groups is 2. The van der Waals surface area contributed by atoms with E-state index in [0.717, 1.165) is 0 Å². The van der Waals surface area contributed by atoms with Crippen molar-refractivity contribution in [2.45, 2.75) is 6.10 Å². The van der Waals surface area contributed by atoms with E-state index in [9.17, 15) is 10.4 Å². The molecule has 2 N–H and O–H groups in total. The van der Waals surface area contributed by atoms with E-state index in [1.165, 1.54) is 0 Å². The van der Waals surface area contributed by atoms with Crippen molar-refractivity contribution in [3.8, 4) is 11.8 Å². The molecule has 0 saturated heterocycles. The number of benzene rings is 2. The zero-order valence-corrected chi connectivity index (χ0v) is 12.0. The van der Waals surface area contributed by atoms with Crippen LogP contribution in [0.1, 0.15) is 22.8 Å². The van der Waals surface area contributed by atoms with Gasteiger partial charge in [0.2, 0.25) is 6.10 Å². The van der Waals surface area contributed by atoms with Gasteiger partial charge >= 0.3 is 0 Å². The summed E-state index contributed by atoms with van der Waals surface area (Å²) in [5.41, 5.74) is 1.94. The molecule has 1 heterocycles. The number of hydrogen-bond acceptors (Lipinski definition) is 4. The fourth-order valence-electron chi connectivity index (χ4n) is 2.33. The van der Waals surface area contributed by atoms with Crippen LogP contribution in [0.25, 0.3) is 6.08 Å². The molecule has 3 rings (SSSR count). The highest BCUT2D eigenvalue weighted by molar-refractivity contribution is 6.30. The highest BCUT2D eigenvalue weighted by atomic mass is 35.5. The molecule has 6 heteroatoms. The fourth-order valence-corrected chi connectivity index (χ4v) is 2.51. The van der Waals surface area contributed by atoms with Crippen molar-refractivity contribution >= 4 is 17.7 Å². The van der Waals surface area contributed by atoms with Crippen molar-refractivity contribution in [2.75, 3.05) is 0 Å². The van der Waals surface area contributed by atoms with Crippen molar-refractivity contribution in [1.29, 1.82) is 5.26 Å². The molecule has 0 radical (unpaired) electrons. The van der Waals surface area contributed by atoms with Crippen LogP contribution in [0.2, 0.25) is 5.02 Å². The van der Waals surface area contributed by atoms with E-state index >= 15 is 0 Å². The predicted octanol–water partition coefficient (Wildman–Crippen LogP) is 2.46. The molecule has 110 valence electrons. The molecular weight excluding hydrogens is 304 g/mol. The number of nitrogens with zero attached hydrogens (tertiary/aromatic N) is 1. The first kappa shape index (κ1) is 14.6. The molecular formula is C16H11ClN2O3. The van der Waals surface area contributed by atoms with Crippen LogP contribution in [0.5, 0.6) is 5.75 Å². The molecule has 0 saturated carbocycles. The number of nitriles is 1. The second kappa shape index (κ2) is 5.79. The zero-order chi connectivity index (χ0) is 15.7. The van der Waals surface area contributed by atoms with Crippen LogP contribution in [0.3, 0.4) is 0 Å². The van der Waals surface area contributed by atoms with Crippen molar-refractivity contribution in [1.82, 2.24) is 0 Å². The molecule has 22 heavy (non-hydrogen) atoms. The summed E-state index contributed by atoms with van der Waals surface area (Å²) in [4.78, 5) is 0. The van der Waals surface area contributed by atoms with Gasteiger partial charge in [-0.3, -0.25) is 0 Å². The third-order valence-corrected chi connectivity index (χ3v) is 3.63. The molecule has 0 fully saturated rings. The molecule has 2 aromatic rings. The summed E-state index contributed by atoms with van der Waals surface area (Å²) >= 11 is 5.93. The van der Waals surface area contributed by atoms with Gasteiger partial charge in [-0.1, -0.05) is 23.7 Å². The van der Waals surface area contributed by atoms with Gasteiger partial charge in [-0.05, 0) is 30.3 Å². The first-order chi connectivity index (χ1) is 10.6. The topological polar surface area (TPSA) is 80.8 Å². The molecule has 1 aliphatic rings. The molecule has 1 aliphatic heterocycles. The Morgan fingerprint density at radius 2 is 1.95 bits per heavy atom. The zero-order valence-electron chi connectivity index (χ0n) is 11.3. The first-order valence-corrected chi connectivity index (χ1v) is 6.87. The van der Waals surface area contributed by atoms with Gasteiger partial charge in [-0.15, -0.1) is 0 Å². The van der Waals surface area contributed by atoms with Crippen molar-refractivity contribution < 1.29 is 15.2 Å². The van der Waals surface area contributed by atoms with E-state index in [0.29, 0.717) is 27.5 Å². The van der Waals surface area contributed by atoms with E-state index in [1.54, 1.807) is 48.5 Å². The number of nitrogens with one attached hydrogen (secondary N) is 1. The Kier molecular flexibility index (Phi) is 3.84. The second-order valence-corrected chi connectivity index (χ2v) is 5.26. The smallest absolute Gasteiger partial charge is 0.200 e. The van der Waals surface area contributed by atoms with Gasteiger partial charge < -0.3 is 9.94 Å². The number of rotatable bonds is 2. The van der Waals surface area contributed by atoms with Gasteiger partial charge in [0.25, 0.3) is 0 Å². The van der Waals surface area contributed by atoms with E-state index in [1.807, 2.05) is 6.07 Å². The van der Waals surface area contributed by atoms with Crippen molar-refractivity contribution in [2.24, 2.45) is 0 Å². The molecule has 0 aliphatic carbocycles. The normalized spacial score (nSPS) is 17.7. The van der Waals surface area contributed by atoms with Crippen molar-refractivity contribution in [3.63, 3.8) is 0 Å². The highest BCUT2D eigenvalue weighted by Gasteiger charge is 2.29. The quantitative estimate of drug-likeness (QED) is 0.834. The van der Waals surface area contributed by atoms with E-state index in [4.69, 9.17) is 21.6 Å². The van der Waals surface area contributed by atoms with E-state index in [2.05, 4.69) is 0 Å². The Morgan fingerprint density at radius 3 is 2.59 bits per heavy atom. The maximum atomic E-state index is 11.5. The van der Waals surface area contributed by atoms with Gasteiger partial charge in [0.05, 0.1) is 11.6 Å².